The lowest BCUT2D eigenvalue weighted by Crippen LogP contribution is -2.41. The fourth-order valence-corrected chi connectivity index (χ4v) is 3.60. The Morgan fingerprint density at radius 1 is 1.25 bits per heavy atom. The number of benzene rings is 1. The van der Waals surface area contributed by atoms with Gasteiger partial charge in [-0.3, -0.25) is 0 Å². The van der Waals surface area contributed by atoms with E-state index in [1.165, 1.54) is 32.1 Å². The summed E-state index contributed by atoms with van der Waals surface area (Å²) in [6, 6.07) is 8.25. The molecule has 1 saturated carbocycles. The van der Waals surface area contributed by atoms with Crippen LogP contribution >= 0.6 is 15.9 Å². The van der Waals surface area contributed by atoms with E-state index in [0.29, 0.717) is 0 Å². The van der Waals surface area contributed by atoms with Crippen molar-refractivity contribution in [3.63, 3.8) is 0 Å². The molecule has 0 radical (unpaired) electrons. The van der Waals surface area contributed by atoms with E-state index in [1.54, 1.807) is 0 Å². The zero-order valence-electron chi connectivity index (χ0n) is 12.4. The molecule has 0 aliphatic heterocycles. The van der Waals surface area contributed by atoms with Gasteiger partial charge < -0.3 is 10.4 Å². The first-order valence-corrected chi connectivity index (χ1v) is 8.61. The van der Waals surface area contributed by atoms with Crippen LogP contribution in [0.15, 0.2) is 28.7 Å². The third kappa shape index (κ3) is 4.23. The van der Waals surface area contributed by atoms with Crippen molar-refractivity contribution in [2.45, 2.75) is 57.4 Å². The van der Waals surface area contributed by atoms with Gasteiger partial charge >= 0.3 is 0 Å². The Balaban J connectivity index is 2.03. The highest BCUT2D eigenvalue weighted by Crippen LogP contribution is 2.35. The average Bonchev–Trinajstić information content (AvgIpc) is 2.66. The van der Waals surface area contributed by atoms with Gasteiger partial charge in [0.2, 0.25) is 0 Å². The van der Waals surface area contributed by atoms with Crippen molar-refractivity contribution in [3.05, 3.63) is 28.7 Å². The van der Waals surface area contributed by atoms with Crippen LogP contribution < -0.4 is 5.32 Å². The Bertz CT molecular complexity index is 406. The molecule has 0 heterocycles. The van der Waals surface area contributed by atoms with E-state index in [-0.39, 0.29) is 12.1 Å². The van der Waals surface area contributed by atoms with Crippen molar-refractivity contribution in [1.29, 1.82) is 0 Å². The molecule has 112 valence electrons. The molecule has 1 aliphatic rings. The standard InChI is InChI=1S/C17H26BrNO/c1-2-4-14-5-3-11-17(13-20,12-10-14)19-16-8-6-15(18)7-9-16/h6-9,14,19-20H,2-5,10-13H2,1H3. The summed E-state index contributed by atoms with van der Waals surface area (Å²) in [7, 11) is 0. The van der Waals surface area contributed by atoms with Gasteiger partial charge in [-0.05, 0) is 49.4 Å². The molecule has 2 atom stereocenters. The fourth-order valence-electron chi connectivity index (χ4n) is 3.34. The smallest absolute Gasteiger partial charge is 0.0661 e. The topological polar surface area (TPSA) is 32.3 Å². The van der Waals surface area contributed by atoms with E-state index >= 15 is 0 Å². The molecule has 3 heteroatoms. The monoisotopic (exact) mass is 339 g/mol. The average molecular weight is 340 g/mol. The summed E-state index contributed by atoms with van der Waals surface area (Å²) < 4.78 is 1.09. The van der Waals surface area contributed by atoms with Crippen LogP contribution in [-0.4, -0.2) is 17.3 Å². The van der Waals surface area contributed by atoms with Gasteiger partial charge in [0.05, 0.1) is 12.1 Å². The lowest BCUT2D eigenvalue weighted by molar-refractivity contribution is 0.194. The van der Waals surface area contributed by atoms with Crippen LogP contribution in [0.3, 0.4) is 0 Å². The molecule has 2 rings (SSSR count). The number of nitrogens with one attached hydrogen (secondary N) is 1. The number of hydrogen-bond donors (Lipinski definition) is 2. The summed E-state index contributed by atoms with van der Waals surface area (Å²) in [6.45, 7) is 2.49. The third-order valence-corrected chi connectivity index (χ3v) is 5.08. The maximum absolute atomic E-state index is 9.93. The number of halogens is 1. The lowest BCUT2D eigenvalue weighted by atomic mass is 9.89. The number of rotatable bonds is 5. The summed E-state index contributed by atoms with van der Waals surface area (Å²) in [5, 5.41) is 13.5. The number of aliphatic hydroxyl groups is 1. The molecule has 0 saturated heterocycles. The van der Waals surface area contributed by atoms with Crippen LogP contribution in [-0.2, 0) is 0 Å². The van der Waals surface area contributed by atoms with Gasteiger partial charge in [-0.1, -0.05) is 48.5 Å². The van der Waals surface area contributed by atoms with E-state index in [4.69, 9.17) is 0 Å². The quantitative estimate of drug-likeness (QED) is 0.742. The van der Waals surface area contributed by atoms with E-state index in [9.17, 15) is 5.11 Å². The van der Waals surface area contributed by atoms with Crippen LogP contribution in [0.25, 0.3) is 0 Å². The highest BCUT2D eigenvalue weighted by atomic mass is 79.9. The molecule has 1 aromatic carbocycles. The van der Waals surface area contributed by atoms with Crippen molar-refractivity contribution in [2.75, 3.05) is 11.9 Å². The SMILES string of the molecule is CCCC1CCCC(CO)(Nc2ccc(Br)cc2)CC1. The molecule has 2 N–H and O–H groups in total. The zero-order valence-corrected chi connectivity index (χ0v) is 14.0. The molecule has 1 fully saturated rings. The highest BCUT2D eigenvalue weighted by molar-refractivity contribution is 9.10. The van der Waals surface area contributed by atoms with E-state index in [1.807, 2.05) is 12.1 Å². The molecule has 0 aromatic heterocycles. The molecular weight excluding hydrogens is 314 g/mol. The van der Waals surface area contributed by atoms with Crippen molar-refractivity contribution in [1.82, 2.24) is 0 Å². The second-order valence-electron chi connectivity index (χ2n) is 6.16. The van der Waals surface area contributed by atoms with E-state index < -0.39 is 0 Å². The number of hydrogen-bond acceptors (Lipinski definition) is 2. The Labute approximate surface area is 131 Å². The maximum atomic E-state index is 9.93. The minimum Gasteiger partial charge on any atom is -0.394 e. The highest BCUT2D eigenvalue weighted by Gasteiger charge is 2.32. The molecule has 2 nitrogen and oxygen atoms in total. The first-order valence-electron chi connectivity index (χ1n) is 7.82. The third-order valence-electron chi connectivity index (χ3n) is 4.55. The largest absolute Gasteiger partial charge is 0.394 e. The number of aliphatic hydroxyl groups excluding tert-OH is 1. The van der Waals surface area contributed by atoms with Crippen molar-refractivity contribution in [2.24, 2.45) is 5.92 Å². The molecule has 2 unspecified atom stereocenters. The Kier molecular flexibility index (Phi) is 5.91. The van der Waals surface area contributed by atoms with Gasteiger partial charge in [-0.2, -0.15) is 0 Å². The first-order chi connectivity index (χ1) is 9.67. The zero-order chi connectivity index (χ0) is 14.4. The number of anilines is 1. The molecule has 1 aliphatic carbocycles. The summed E-state index contributed by atoms with van der Waals surface area (Å²) in [5.74, 6) is 0.847. The van der Waals surface area contributed by atoms with Crippen molar-refractivity contribution in [3.8, 4) is 0 Å². The first kappa shape index (κ1) is 15.8. The fraction of sp³-hybridized carbons (Fsp3) is 0.647. The lowest BCUT2D eigenvalue weighted by Gasteiger charge is -2.33. The molecule has 0 amide bonds. The molecule has 1 aromatic rings. The van der Waals surface area contributed by atoms with Gasteiger partial charge in [0, 0.05) is 10.2 Å². The minimum absolute atomic E-state index is 0.129. The summed E-state index contributed by atoms with van der Waals surface area (Å²) >= 11 is 3.46. The summed E-state index contributed by atoms with van der Waals surface area (Å²) in [4.78, 5) is 0. The molecule has 0 bridgehead atoms. The summed E-state index contributed by atoms with van der Waals surface area (Å²) in [6.07, 6.45) is 8.52. The van der Waals surface area contributed by atoms with Gasteiger partial charge in [-0.15, -0.1) is 0 Å². The van der Waals surface area contributed by atoms with E-state index in [0.717, 1.165) is 28.9 Å². The van der Waals surface area contributed by atoms with Crippen LogP contribution in [0, 0.1) is 5.92 Å². The van der Waals surface area contributed by atoms with Gasteiger partial charge in [-0.25, -0.2) is 0 Å². The molecule has 20 heavy (non-hydrogen) atoms. The molecular formula is C17H26BrNO. The van der Waals surface area contributed by atoms with Gasteiger partial charge in [0.15, 0.2) is 0 Å². The van der Waals surface area contributed by atoms with Crippen molar-refractivity contribution >= 4 is 21.6 Å². The van der Waals surface area contributed by atoms with E-state index in [2.05, 4.69) is 40.3 Å². The second kappa shape index (κ2) is 7.46. The van der Waals surface area contributed by atoms with Crippen LogP contribution in [0.1, 0.15) is 51.9 Å². The maximum Gasteiger partial charge on any atom is 0.0661 e. The normalized spacial score (nSPS) is 27.1. The van der Waals surface area contributed by atoms with Gasteiger partial charge in [0.1, 0.15) is 0 Å². The van der Waals surface area contributed by atoms with Gasteiger partial charge in [0.25, 0.3) is 0 Å². The Hall–Kier alpha value is -0.540. The van der Waals surface area contributed by atoms with Crippen LogP contribution in [0.2, 0.25) is 0 Å². The van der Waals surface area contributed by atoms with Crippen LogP contribution in [0.4, 0.5) is 5.69 Å². The minimum atomic E-state index is -0.129. The predicted molar refractivity (Wildman–Crippen MR) is 89.1 cm³/mol. The summed E-state index contributed by atoms with van der Waals surface area (Å²) in [5.41, 5.74) is 0.979. The second-order valence-corrected chi connectivity index (χ2v) is 7.07. The van der Waals surface area contributed by atoms with Crippen LogP contribution in [0.5, 0.6) is 0 Å². The molecule has 0 spiro atoms. The Morgan fingerprint density at radius 2 is 2.00 bits per heavy atom. The van der Waals surface area contributed by atoms with Crippen molar-refractivity contribution < 1.29 is 5.11 Å². The Morgan fingerprint density at radius 3 is 2.65 bits per heavy atom. The predicted octanol–water partition coefficient (Wildman–Crippen LogP) is 4.97.